The van der Waals surface area contributed by atoms with Crippen molar-refractivity contribution < 1.29 is 13.2 Å². The van der Waals surface area contributed by atoms with Gasteiger partial charge in [0, 0.05) is 30.3 Å². The van der Waals surface area contributed by atoms with Crippen LogP contribution in [-0.4, -0.2) is 42.5 Å². The molecule has 0 amide bonds. The van der Waals surface area contributed by atoms with E-state index in [1.54, 1.807) is 0 Å². The van der Waals surface area contributed by atoms with Gasteiger partial charge in [-0.15, -0.1) is 0 Å². The van der Waals surface area contributed by atoms with E-state index in [-0.39, 0.29) is 17.2 Å². The van der Waals surface area contributed by atoms with Gasteiger partial charge in [0.25, 0.3) is 0 Å². The lowest BCUT2D eigenvalue weighted by Crippen LogP contribution is -2.31. The van der Waals surface area contributed by atoms with Crippen LogP contribution in [0.1, 0.15) is 28.8 Å². The smallest absolute Gasteiger partial charge is 0.319 e. The van der Waals surface area contributed by atoms with Crippen molar-refractivity contribution in [1.82, 2.24) is 14.9 Å². The van der Waals surface area contributed by atoms with Crippen molar-refractivity contribution in [2.45, 2.75) is 32.2 Å². The Labute approximate surface area is 179 Å². The van der Waals surface area contributed by atoms with Crippen LogP contribution in [0.5, 0.6) is 0 Å². The van der Waals surface area contributed by atoms with Crippen LogP contribution >= 0.6 is 0 Å². The topological polar surface area (TPSA) is 56.4 Å². The number of halogens is 3. The van der Waals surface area contributed by atoms with Crippen LogP contribution in [0.25, 0.3) is 16.6 Å². The molecule has 0 radical (unpaired) electrons. The molecule has 1 aliphatic rings. The minimum atomic E-state index is -3.72. The Balaban J connectivity index is 2.12. The molecule has 1 unspecified atom stereocenters. The first-order valence-corrected chi connectivity index (χ1v) is 10.2. The molecule has 31 heavy (non-hydrogen) atoms. The first kappa shape index (κ1) is 21.2. The summed E-state index contributed by atoms with van der Waals surface area (Å²) in [5, 5.41) is 17.4. The van der Waals surface area contributed by atoms with Crippen LogP contribution in [0, 0.1) is 25.2 Å². The van der Waals surface area contributed by atoms with E-state index in [2.05, 4.69) is 21.4 Å². The van der Waals surface area contributed by atoms with E-state index < -0.39 is 18.3 Å². The van der Waals surface area contributed by atoms with Gasteiger partial charge in [0.15, 0.2) is 6.67 Å². The minimum Gasteiger partial charge on any atom is -0.354 e. The lowest BCUT2D eigenvalue weighted by molar-refractivity contribution is -0.0328. The number of anilines is 1. The molecule has 0 aliphatic carbocycles. The highest BCUT2D eigenvalue weighted by atomic mass is 19.3. The molecule has 4 rings (SSSR count). The van der Waals surface area contributed by atoms with Crippen LogP contribution in [-0.2, 0) is 5.92 Å². The summed E-state index contributed by atoms with van der Waals surface area (Å²) in [7, 11) is 1.89. The Morgan fingerprint density at radius 2 is 1.94 bits per heavy atom. The normalized spacial score (nSPS) is 16.8. The molecule has 1 atom stereocenters. The number of fused-ring (bicyclic) bond motifs is 1. The van der Waals surface area contributed by atoms with Gasteiger partial charge in [-0.3, -0.25) is 0 Å². The van der Waals surface area contributed by atoms with E-state index in [4.69, 9.17) is 0 Å². The third-order valence-electron chi connectivity index (χ3n) is 6.12. The summed E-state index contributed by atoms with van der Waals surface area (Å²) in [5.41, 5.74) is 2.44. The van der Waals surface area contributed by atoms with Gasteiger partial charge in [-0.05, 0) is 38.4 Å². The zero-order valence-corrected chi connectivity index (χ0v) is 17.7. The molecule has 0 spiro atoms. The molecule has 1 N–H and O–H groups in total. The number of nitrogens with zero attached hydrogens (tertiary/aromatic N) is 4. The van der Waals surface area contributed by atoms with Gasteiger partial charge in [-0.2, -0.15) is 19.1 Å². The van der Waals surface area contributed by atoms with Gasteiger partial charge in [-0.25, -0.2) is 8.91 Å². The number of aromatic nitrogens is 2. The Morgan fingerprint density at radius 3 is 2.52 bits per heavy atom. The molecule has 1 saturated heterocycles. The molecule has 0 saturated carbocycles. The molecule has 1 aliphatic heterocycles. The fourth-order valence-electron chi connectivity index (χ4n) is 4.50. The highest BCUT2D eigenvalue weighted by Gasteiger charge is 2.39. The number of nitrogens with one attached hydrogen (secondary N) is 1. The molecule has 8 heteroatoms. The number of benzene rings is 1. The molecule has 1 aromatic carbocycles. The van der Waals surface area contributed by atoms with Crippen molar-refractivity contribution >= 4 is 11.3 Å². The van der Waals surface area contributed by atoms with Gasteiger partial charge in [0.2, 0.25) is 0 Å². The van der Waals surface area contributed by atoms with E-state index >= 15 is 0 Å². The quantitative estimate of drug-likeness (QED) is 0.658. The number of rotatable bonds is 5. The largest absolute Gasteiger partial charge is 0.354 e. The number of hydrogen-bond donors (Lipinski definition) is 1. The van der Waals surface area contributed by atoms with Crippen molar-refractivity contribution in [3.63, 3.8) is 0 Å². The summed E-state index contributed by atoms with van der Waals surface area (Å²) in [5.74, 6) is -3.07. The maximum absolute atomic E-state index is 14.4. The third kappa shape index (κ3) is 3.33. The lowest BCUT2D eigenvalue weighted by Gasteiger charge is -2.25. The average molecular weight is 427 g/mol. The van der Waals surface area contributed by atoms with Gasteiger partial charge < -0.3 is 10.2 Å². The highest BCUT2D eigenvalue weighted by molar-refractivity contribution is 5.87. The Morgan fingerprint density at radius 1 is 1.23 bits per heavy atom. The first-order valence-electron chi connectivity index (χ1n) is 10.2. The zero-order chi connectivity index (χ0) is 22.3. The Kier molecular flexibility index (Phi) is 5.40. The van der Waals surface area contributed by atoms with Gasteiger partial charge >= 0.3 is 5.92 Å². The summed E-state index contributed by atoms with van der Waals surface area (Å²) in [6.45, 7) is 2.85. The molecule has 1 fully saturated rings. The predicted molar refractivity (Wildman–Crippen MR) is 114 cm³/mol. The van der Waals surface area contributed by atoms with E-state index in [0.717, 1.165) is 17.5 Å². The number of nitriles is 1. The maximum atomic E-state index is 14.4. The van der Waals surface area contributed by atoms with E-state index in [9.17, 15) is 18.4 Å². The molecule has 0 bridgehead atoms. The fraction of sp³-hybridized carbons (Fsp3) is 0.391. The Hall–Kier alpha value is -3.05. The second kappa shape index (κ2) is 7.89. The van der Waals surface area contributed by atoms with E-state index in [1.807, 2.05) is 44.3 Å². The van der Waals surface area contributed by atoms with E-state index in [1.165, 1.54) is 11.4 Å². The molecular weight excluding hydrogens is 403 g/mol. The van der Waals surface area contributed by atoms with Crippen LogP contribution in [0.15, 0.2) is 30.3 Å². The predicted octanol–water partition coefficient (Wildman–Crippen LogP) is 4.35. The van der Waals surface area contributed by atoms with Gasteiger partial charge in [-0.1, -0.05) is 30.3 Å². The molecular formula is C23H24F3N5. The summed E-state index contributed by atoms with van der Waals surface area (Å²) in [6, 6.07) is 12.0. The number of likely N-dealkylation sites (N-methyl/N-ethyl adjacent to an activating group) is 1. The number of alkyl halides is 3. The molecule has 5 nitrogen and oxygen atoms in total. The van der Waals surface area contributed by atoms with E-state index in [0.29, 0.717) is 30.0 Å². The number of hydrogen-bond acceptors (Lipinski definition) is 4. The SMILES string of the molecule is CNC1CCN(c2c(-c3ccccc3)c(C)c(C#N)c3c(C)c(C(F)(F)CF)nn23)C1. The van der Waals surface area contributed by atoms with Crippen molar-refractivity contribution in [3.05, 3.63) is 52.7 Å². The fourth-order valence-corrected chi connectivity index (χ4v) is 4.50. The Bertz CT molecular complexity index is 1160. The van der Waals surface area contributed by atoms with Crippen LogP contribution in [0.4, 0.5) is 19.0 Å². The maximum Gasteiger partial charge on any atom is 0.319 e. The summed E-state index contributed by atoms with van der Waals surface area (Å²) < 4.78 is 43.4. The average Bonchev–Trinajstić information content (AvgIpc) is 3.39. The second-order valence-corrected chi connectivity index (χ2v) is 7.97. The molecule has 162 valence electrons. The van der Waals surface area contributed by atoms with Crippen molar-refractivity contribution in [1.29, 1.82) is 5.26 Å². The molecule has 3 heterocycles. The second-order valence-electron chi connectivity index (χ2n) is 7.97. The zero-order valence-electron chi connectivity index (χ0n) is 17.7. The third-order valence-corrected chi connectivity index (χ3v) is 6.12. The standard InChI is InChI=1S/C23H24F3N5/c1-14-18(11-27)20-15(2)21(23(25,26)13-24)29-31(20)22(30-10-9-17(12-30)28-3)19(14)16-7-5-4-6-8-16/h4-8,17,28H,9-10,12-13H2,1-3H3. The van der Waals surface area contributed by atoms with Crippen molar-refractivity contribution in [2.24, 2.45) is 0 Å². The van der Waals surface area contributed by atoms with Crippen LogP contribution in [0.2, 0.25) is 0 Å². The number of aryl methyl sites for hydroxylation is 1. The number of pyridine rings is 1. The highest BCUT2D eigenvalue weighted by Crippen LogP contribution is 2.42. The molecule has 3 aromatic rings. The summed E-state index contributed by atoms with van der Waals surface area (Å²) in [4.78, 5) is 2.11. The summed E-state index contributed by atoms with van der Waals surface area (Å²) >= 11 is 0. The monoisotopic (exact) mass is 427 g/mol. The van der Waals surface area contributed by atoms with Gasteiger partial charge in [0.05, 0.1) is 11.1 Å². The lowest BCUT2D eigenvalue weighted by atomic mass is 9.95. The molecule has 2 aromatic heterocycles. The first-order chi connectivity index (χ1) is 14.8. The minimum absolute atomic E-state index is 0.132. The van der Waals surface area contributed by atoms with Crippen molar-refractivity contribution in [2.75, 3.05) is 31.7 Å². The van der Waals surface area contributed by atoms with Gasteiger partial charge in [0.1, 0.15) is 17.6 Å². The van der Waals surface area contributed by atoms with Crippen LogP contribution in [0.3, 0.4) is 0 Å². The summed E-state index contributed by atoms with van der Waals surface area (Å²) in [6.07, 6.45) is 0.888. The van der Waals surface area contributed by atoms with Crippen LogP contribution < -0.4 is 10.2 Å². The van der Waals surface area contributed by atoms with Crippen molar-refractivity contribution in [3.8, 4) is 17.2 Å².